The van der Waals surface area contributed by atoms with Crippen molar-refractivity contribution in [2.75, 3.05) is 13.7 Å². The molecule has 0 radical (unpaired) electrons. The Labute approximate surface area is 73.7 Å². The van der Waals surface area contributed by atoms with Gasteiger partial charge in [-0.2, -0.15) is 0 Å². The van der Waals surface area contributed by atoms with Crippen molar-refractivity contribution in [3.05, 3.63) is 17.5 Å². The first-order valence-corrected chi connectivity index (χ1v) is 4.24. The van der Waals surface area contributed by atoms with E-state index in [0.717, 1.165) is 17.9 Å². The van der Waals surface area contributed by atoms with Crippen LogP contribution < -0.4 is 0 Å². The minimum atomic E-state index is 0.700. The fraction of sp³-hybridized carbons (Fsp3) is 0.667. The Morgan fingerprint density at radius 2 is 2.17 bits per heavy atom. The van der Waals surface area contributed by atoms with E-state index in [9.17, 15) is 0 Å². The van der Waals surface area contributed by atoms with E-state index in [2.05, 4.69) is 5.16 Å². The lowest BCUT2D eigenvalue weighted by atomic mass is 10.3. The highest BCUT2D eigenvalue weighted by atomic mass is 16.5. The molecule has 3 nitrogen and oxygen atoms in total. The van der Waals surface area contributed by atoms with Crippen LogP contribution in [0, 0.1) is 6.92 Å². The van der Waals surface area contributed by atoms with Gasteiger partial charge in [-0.15, -0.1) is 0 Å². The Morgan fingerprint density at radius 1 is 1.50 bits per heavy atom. The number of aromatic nitrogens is 1. The van der Waals surface area contributed by atoms with Gasteiger partial charge < -0.3 is 9.26 Å². The highest BCUT2D eigenvalue weighted by Gasteiger charge is 1.97. The molecule has 0 fully saturated rings. The summed E-state index contributed by atoms with van der Waals surface area (Å²) in [4.78, 5) is 0. The van der Waals surface area contributed by atoms with Crippen molar-refractivity contribution in [1.82, 2.24) is 5.16 Å². The second-order valence-electron chi connectivity index (χ2n) is 2.17. The molecule has 0 aromatic carbocycles. The number of aryl methyl sites for hydroxylation is 1. The lowest BCUT2D eigenvalue weighted by molar-refractivity contribution is 0.200. The van der Waals surface area contributed by atoms with Crippen LogP contribution in [-0.2, 0) is 11.2 Å². The summed E-state index contributed by atoms with van der Waals surface area (Å²) in [5.41, 5.74) is 0.958. The van der Waals surface area contributed by atoms with Gasteiger partial charge in [0.15, 0.2) is 0 Å². The Balaban J connectivity index is 0.000000561. The summed E-state index contributed by atoms with van der Waals surface area (Å²) in [6.07, 6.45) is 0.827. The van der Waals surface area contributed by atoms with Crippen LogP contribution in [0.25, 0.3) is 0 Å². The monoisotopic (exact) mass is 171 g/mol. The number of nitrogens with zero attached hydrogens (tertiary/aromatic N) is 1. The normalized spacial score (nSPS) is 9.00. The lowest BCUT2D eigenvalue weighted by Gasteiger charge is -1.90. The molecular weight excluding hydrogens is 154 g/mol. The Morgan fingerprint density at radius 3 is 2.58 bits per heavy atom. The third-order valence-corrected chi connectivity index (χ3v) is 1.24. The highest BCUT2D eigenvalue weighted by Crippen LogP contribution is 2.01. The zero-order valence-corrected chi connectivity index (χ0v) is 8.26. The molecule has 0 atom stereocenters. The molecule has 1 heterocycles. The Kier molecular flexibility index (Phi) is 6.38. The second-order valence-corrected chi connectivity index (χ2v) is 2.17. The number of methoxy groups -OCH3 is 1. The van der Waals surface area contributed by atoms with Gasteiger partial charge in [0.25, 0.3) is 0 Å². The summed E-state index contributed by atoms with van der Waals surface area (Å²) in [6.45, 7) is 6.58. The van der Waals surface area contributed by atoms with Crippen LogP contribution in [0.3, 0.4) is 0 Å². The van der Waals surface area contributed by atoms with E-state index in [1.165, 1.54) is 0 Å². The van der Waals surface area contributed by atoms with Crippen molar-refractivity contribution >= 4 is 0 Å². The Bertz CT molecular complexity index is 196. The molecular formula is C9H17NO2. The number of ether oxygens (including phenoxy) is 1. The van der Waals surface area contributed by atoms with Crippen molar-refractivity contribution in [1.29, 1.82) is 0 Å². The van der Waals surface area contributed by atoms with Gasteiger partial charge in [0.1, 0.15) is 5.76 Å². The highest BCUT2D eigenvalue weighted by molar-refractivity contribution is 5.03. The van der Waals surface area contributed by atoms with E-state index in [-0.39, 0.29) is 0 Å². The van der Waals surface area contributed by atoms with E-state index in [4.69, 9.17) is 9.26 Å². The molecule has 0 aliphatic heterocycles. The van der Waals surface area contributed by atoms with Crippen molar-refractivity contribution in [2.45, 2.75) is 27.2 Å². The fourth-order valence-corrected chi connectivity index (χ4v) is 0.742. The maximum absolute atomic E-state index is 4.87. The van der Waals surface area contributed by atoms with E-state index >= 15 is 0 Å². The molecule has 1 rings (SSSR count). The van der Waals surface area contributed by atoms with Crippen LogP contribution in [0.5, 0.6) is 0 Å². The van der Waals surface area contributed by atoms with Gasteiger partial charge >= 0.3 is 0 Å². The topological polar surface area (TPSA) is 35.3 Å². The first-order valence-electron chi connectivity index (χ1n) is 4.24. The molecule has 0 saturated heterocycles. The van der Waals surface area contributed by atoms with Crippen LogP contribution >= 0.6 is 0 Å². The second kappa shape index (κ2) is 6.85. The zero-order valence-electron chi connectivity index (χ0n) is 8.26. The number of hydrogen-bond donors (Lipinski definition) is 0. The summed E-state index contributed by atoms with van der Waals surface area (Å²) >= 11 is 0. The number of rotatable bonds is 3. The van der Waals surface area contributed by atoms with Crippen molar-refractivity contribution in [3.63, 3.8) is 0 Å². The molecule has 0 bridgehead atoms. The summed E-state index contributed by atoms with van der Waals surface area (Å²) < 4.78 is 9.73. The largest absolute Gasteiger partial charge is 0.384 e. The van der Waals surface area contributed by atoms with Crippen LogP contribution in [0.4, 0.5) is 0 Å². The van der Waals surface area contributed by atoms with Crippen LogP contribution in [0.2, 0.25) is 0 Å². The minimum Gasteiger partial charge on any atom is -0.384 e. The molecule has 0 aliphatic rings. The van der Waals surface area contributed by atoms with E-state index in [1.54, 1.807) is 7.11 Å². The van der Waals surface area contributed by atoms with Crippen LogP contribution in [0.1, 0.15) is 25.3 Å². The first-order chi connectivity index (χ1) is 5.83. The van der Waals surface area contributed by atoms with Crippen molar-refractivity contribution in [3.8, 4) is 0 Å². The summed E-state index contributed by atoms with van der Waals surface area (Å²) in [6, 6.07) is 1.92. The van der Waals surface area contributed by atoms with Gasteiger partial charge in [0, 0.05) is 19.6 Å². The maximum atomic E-state index is 4.87. The molecule has 0 N–H and O–H groups in total. The van der Waals surface area contributed by atoms with Crippen LogP contribution in [0.15, 0.2) is 10.6 Å². The van der Waals surface area contributed by atoms with Gasteiger partial charge in [0.2, 0.25) is 0 Å². The maximum Gasteiger partial charge on any atom is 0.133 e. The molecule has 0 saturated carbocycles. The van der Waals surface area contributed by atoms with Crippen molar-refractivity contribution in [2.24, 2.45) is 0 Å². The average Bonchev–Trinajstić information content (AvgIpc) is 2.51. The standard InChI is InChI=1S/C7H11NO2.C2H6/c1-6-5-7(8-10-6)3-4-9-2;1-2/h5H,3-4H2,1-2H3;1-2H3. The van der Waals surface area contributed by atoms with Crippen molar-refractivity contribution < 1.29 is 9.26 Å². The average molecular weight is 171 g/mol. The molecule has 0 spiro atoms. The SMILES string of the molecule is CC.COCCc1cc(C)on1. The molecule has 70 valence electrons. The van der Waals surface area contributed by atoms with Gasteiger partial charge in [-0.05, 0) is 6.92 Å². The van der Waals surface area contributed by atoms with Gasteiger partial charge in [-0.1, -0.05) is 19.0 Å². The fourth-order valence-electron chi connectivity index (χ4n) is 0.742. The zero-order chi connectivity index (χ0) is 9.40. The molecule has 1 aromatic rings. The lowest BCUT2D eigenvalue weighted by Crippen LogP contribution is -1.93. The van der Waals surface area contributed by atoms with E-state index < -0.39 is 0 Å². The Hall–Kier alpha value is -0.830. The summed E-state index contributed by atoms with van der Waals surface area (Å²) in [5.74, 6) is 0.853. The summed E-state index contributed by atoms with van der Waals surface area (Å²) in [7, 11) is 1.67. The predicted molar refractivity (Wildman–Crippen MR) is 48.2 cm³/mol. The third-order valence-electron chi connectivity index (χ3n) is 1.24. The molecule has 0 aliphatic carbocycles. The first kappa shape index (κ1) is 11.2. The third kappa shape index (κ3) is 4.13. The summed E-state index contributed by atoms with van der Waals surface area (Å²) in [5, 5.41) is 3.80. The molecule has 1 aromatic heterocycles. The predicted octanol–water partition coefficient (Wildman–Crippen LogP) is 2.20. The quantitative estimate of drug-likeness (QED) is 0.699. The van der Waals surface area contributed by atoms with E-state index in [0.29, 0.717) is 6.61 Å². The smallest absolute Gasteiger partial charge is 0.133 e. The molecule has 3 heteroatoms. The van der Waals surface area contributed by atoms with Gasteiger partial charge in [-0.3, -0.25) is 0 Å². The molecule has 12 heavy (non-hydrogen) atoms. The number of hydrogen-bond acceptors (Lipinski definition) is 3. The van der Waals surface area contributed by atoms with E-state index in [1.807, 2.05) is 26.8 Å². The van der Waals surface area contributed by atoms with Gasteiger partial charge in [0.05, 0.1) is 12.3 Å². The molecule has 0 amide bonds. The van der Waals surface area contributed by atoms with Gasteiger partial charge in [-0.25, -0.2) is 0 Å². The molecule has 0 unspecified atom stereocenters. The van der Waals surface area contributed by atoms with Crippen LogP contribution in [-0.4, -0.2) is 18.9 Å². The minimum absolute atomic E-state index is 0.700.